The third kappa shape index (κ3) is 2.48. The van der Waals surface area contributed by atoms with E-state index >= 15 is 0 Å². The van der Waals surface area contributed by atoms with Gasteiger partial charge in [0.25, 0.3) is 5.56 Å². The summed E-state index contributed by atoms with van der Waals surface area (Å²) < 4.78 is 5.59. The first-order valence-corrected chi connectivity index (χ1v) is 8.32. The molecule has 0 atom stereocenters. The van der Waals surface area contributed by atoms with Crippen LogP contribution in [-0.2, 0) is 13.6 Å². The average Bonchev–Trinajstić information content (AvgIpc) is 2.92. The number of hydrogen-bond donors (Lipinski definition) is 2. The second kappa shape index (κ2) is 6.27. The first kappa shape index (κ1) is 15.7. The van der Waals surface area contributed by atoms with E-state index in [1.807, 2.05) is 58.8 Å². The van der Waals surface area contributed by atoms with Crippen molar-refractivity contribution < 1.29 is 9.67 Å². The van der Waals surface area contributed by atoms with E-state index in [-0.39, 0.29) is 12.2 Å². The number of benzene rings is 1. The zero-order valence-corrected chi connectivity index (χ0v) is 14.0. The number of hydrogen-bond acceptors (Lipinski definition) is 4. The molecule has 2 N–H and O–H groups in total. The number of imidazole rings is 1. The summed E-state index contributed by atoms with van der Waals surface area (Å²) in [4.78, 5) is 17.9. The molecule has 3 aromatic heterocycles. The summed E-state index contributed by atoms with van der Waals surface area (Å²) in [5.74, 6) is 0.627. The molecule has 0 saturated heterocycles. The molecule has 0 unspecified atom stereocenters. The molecule has 0 aliphatic rings. The Morgan fingerprint density at radius 3 is 2.76 bits per heavy atom. The van der Waals surface area contributed by atoms with Gasteiger partial charge in [0.2, 0.25) is 0 Å². The molecule has 0 bridgehead atoms. The van der Waals surface area contributed by atoms with Gasteiger partial charge in [-0.3, -0.25) is 9.36 Å². The van der Waals surface area contributed by atoms with Gasteiger partial charge in [-0.15, -0.1) is 0 Å². The summed E-state index contributed by atoms with van der Waals surface area (Å²) in [6, 6.07) is 11.5. The van der Waals surface area contributed by atoms with Crippen LogP contribution < -0.4 is 15.4 Å². The summed E-state index contributed by atoms with van der Waals surface area (Å²) in [5.41, 5.74) is 2.44. The number of aromatic nitrogens is 4. The van der Waals surface area contributed by atoms with Gasteiger partial charge < -0.3 is 10.4 Å². The first-order chi connectivity index (χ1) is 12.2. The fourth-order valence-corrected chi connectivity index (χ4v) is 3.26. The zero-order valence-electron chi connectivity index (χ0n) is 14.0. The summed E-state index contributed by atoms with van der Waals surface area (Å²) in [6.45, 7) is 2.02. The number of aryl methyl sites for hydroxylation is 1. The van der Waals surface area contributed by atoms with E-state index in [0.29, 0.717) is 36.4 Å². The molecule has 4 rings (SSSR count). The lowest BCUT2D eigenvalue weighted by molar-refractivity contribution is -0.671. The molecular formula is C18H20N5O2+. The number of nitrogens with zero attached hydrogens (tertiary/aromatic N) is 4. The largest absolute Gasteiger partial charge is 0.395 e. The van der Waals surface area contributed by atoms with E-state index in [4.69, 9.17) is 10.1 Å². The summed E-state index contributed by atoms with van der Waals surface area (Å²) >= 11 is 0. The predicted molar refractivity (Wildman–Crippen MR) is 95.6 cm³/mol. The number of aliphatic hydroxyl groups excluding tert-OH is 1. The Bertz CT molecular complexity index is 1130. The van der Waals surface area contributed by atoms with Crippen molar-refractivity contribution in [1.29, 1.82) is 0 Å². The Labute approximate surface area is 143 Å². The Morgan fingerprint density at radius 2 is 1.96 bits per heavy atom. The van der Waals surface area contributed by atoms with Crippen LogP contribution in [0.3, 0.4) is 0 Å². The van der Waals surface area contributed by atoms with Crippen LogP contribution in [0.4, 0.5) is 0 Å². The van der Waals surface area contributed by atoms with Gasteiger partial charge in [-0.05, 0) is 29.2 Å². The molecule has 7 heteroatoms. The van der Waals surface area contributed by atoms with Crippen molar-refractivity contribution in [3.8, 4) is 0 Å². The van der Waals surface area contributed by atoms with Gasteiger partial charge in [-0.25, -0.2) is 8.97 Å². The van der Waals surface area contributed by atoms with Gasteiger partial charge in [-0.2, -0.15) is 0 Å². The van der Waals surface area contributed by atoms with Crippen molar-refractivity contribution in [2.45, 2.75) is 6.54 Å². The second-order valence-electron chi connectivity index (χ2n) is 6.01. The molecule has 0 fully saturated rings. The van der Waals surface area contributed by atoms with Gasteiger partial charge in [0, 0.05) is 20.1 Å². The average molecular weight is 338 g/mol. The lowest BCUT2D eigenvalue weighted by Crippen LogP contribution is -2.41. The highest BCUT2D eigenvalue weighted by atomic mass is 16.3. The van der Waals surface area contributed by atoms with Gasteiger partial charge in [0.05, 0.1) is 23.8 Å². The van der Waals surface area contributed by atoms with Crippen LogP contribution >= 0.6 is 0 Å². The number of pyridine rings is 1. The van der Waals surface area contributed by atoms with Crippen LogP contribution in [0.15, 0.2) is 47.4 Å². The monoisotopic (exact) mass is 338 g/mol. The molecule has 0 aliphatic heterocycles. The molecule has 0 radical (unpaired) electrons. The maximum absolute atomic E-state index is 13.1. The molecule has 0 saturated carbocycles. The maximum atomic E-state index is 13.1. The molecule has 4 aromatic rings. The zero-order chi connectivity index (χ0) is 17.4. The van der Waals surface area contributed by atoms with Crippen molar-refractivity contribution in [2.24, 2.45) is 7.05 Å². The van der Waals surface area contributed by atoms with E-state index in [1.165, 1.54) is 0 Å². The number of nitrogens with one attached hydrogen (secondary N) is 1. The Balaban J connectivity index is 1.95. The molecule has 0 aliphatic carbocycles. The highest BCUT2D eigenvalue weighted by molar-refractivity contribution is 5.83. The van der Waals surface area contributed by atoms with Crippen molar-refractivity contribution in [3.63, 3.8) is 0 Å². The van der Waals surface area contributed by atoms with Gasteiger partial charge in [0.15, 0.2) is 0 Å². The lowest BCUT2D eigenvalue weighted by Gasteiger charge is -2.04. The standard InChI is InChI=1S/C18H20N5O2/c1-21-14-6-2-3-7-15(14)23-17(25)13-5-4-10-22(11-8-19-9-12-24)16(13)20-18(21)23/h2-7,10,19,24H,8-9,11-12H2,1H3/q+1. The Hall–Kier alpha value is -2.77. The van der Waals surface area contributed by atoms with Crippen molar-refractivity contribution in [1.82, 2.24) is 19.3 Å². The van der Waals surface area contributed by atoms with E-state index < -0.39 is 0 Å². The maximum Gasteiger partial charge on any atom is 0.340 e. The van der Waals surface area contributed by atoms with Crippen molar-refractivity contribution >= 4 is 27.8 Å². The van der Waals surface area contributed by atoms with Crippen LogP contribution in [-0.4, -0.2) is 38.8 Å². The normalized spacial score (nSPS) is 11.8. The third-order valence-corrected chi connectivity index (χ3v) is 4.48. The summed E-state index contributed by atoms with van der Waals surface area (Å²) in [7, 11) is 1.92. The fraction of sp³-hybridized carbons (Fsp3) is 0.278. The molecule has 3 heterocycles. The van der Waals surface area contributed by atoms with Gasteiger partial charge in [-0.1, -0.05) is 12.1 Å². The Morgan fingerprint density at radius 1 is 1.16 bits per heavy atom. The van der Waals surface area contributed by atoms with Crippen LogP contribution in [0, 0.1) is 0 Å². The van der Waals surface area contributed by atoms with E-state index in [0.717, 1.165) is 11.0 Å². The number of aliphatic hydroxyl groups is 1. The number of fused-ring (bicyclic) bond motifs is 4. The van der Waals surface area contributed by atoms with E-state index in [9.17, 15) is 4.79 Å². The molecular weight excluding hydrogens is 318 g/mol. The van der Waals surface area contributed by atoms with Crippen LogP contribution in [0.5, 0.6) is 0 Å². The van der Waals surface area contributed by atoms with E-state index in [2.05, 4.69) is 5.32 Å². The van der Waals surface area contributed by atoms with Gasteiger partial charge >= 0.3 is 11.4 Å². The molecule has 128 valence electrons. The minimum Gasteiger partial charge on any atom is -0.395 e. The van der Waals surface area contributed by atoms with Crippen molar-refractivity contribution in [3.05, 3.63) is 52.9 Å². The third-order valence-electron chi connectivity index (χ3n) is 4.48. The molecule has 25 heavy (non-hydrogen) atoms. The van der Waals surface area contributed by atoms with Crippen LogP contribution in [0.1, 0.15) is 0 Å². The van der Waals surface area contributed by atoms with Crippen LogP contribution in [0.25, 0.3) is 27.8 Å². The number of para-hydroxylation sites is 2. The molecule has 0 amide bonds. The number of rotatable bonds is 5. The lowest BCUT2D eigenvalue weighted by atomic mass is 10.3. The molecule has 7 nitrogen and oxygen atoms in total. The van der Waals surface area contributed by atoms with Gasteiger partial charge in [0.1, 0.15) is 11.9 Å². The smallest absolute Gasteiger partial charge is 0.340 e. The predicted octanol–water partition coefficient (Wildman–Crippen LogP) is 0.209. The first-order valence-electron chi connectivity index (χ1n) is 8.32. The van der Waals surface area contributed by atoms with Crippen molar-refractivity contribution in [2.75, 3.05) is 19.7 Å². The highest BCUT2D eigenvalue weighted by Gasteiger charge is 2.21. The van der Waals surface area contributed by atoms with Crippen LogP contribution in [0.2, 0.25) is 0 Å². The summed E-state index contributed by atoms with van der Waals surface area (Å²) in [6.07, 6.45) is 1.93. The SMILES string of the molecule is Cn1c2ccccc2n2c(=O)c3ccc[n+](CCNCCO)c3nc12. The minimum atomic E-state index is -0.0607. The Kier molecular flexibility index (Phi) is 3.95. The summed E-state index contributed by atoms with van der Waals surface area (Å²) in [5, 5.41) is 12.6. The second-order valence-corrected chi connectivity index (χ2v) is 6.01. The minimum absolute atomic E-state index is 0.0607. The quantitative estimate of drug-likeness (QED) is 0.403. The highest BCUT2D eigenvalue weighted by Crippen LogP contribution is 2.17. The molecule has 1 aromatic carbocycles. The fourth-order valence-electron chi connectivity index (χ4n) is 3.26. The molecule has 0 spiro atoms. The topological polar surface area (TPSA) is 75.4 Å². The van der Waals surface area contributed by atoms with E-state index in [1.54, 1.807) is 4.40 Å².